The predicted molar refractivity (Wildman–Crippen MR) is 104 cm³/mol. The number of aromatic nitrogens is 3. The summed E-state index contributed by atoms with van der Waals surface area (Å²) in [5, 5.41) is 6.28. The van der Waals surface area contributed by atoms with Crippen LogP contribution in [0, 0.1) is 13.8 Å². The smallest absolute Gasteiger partial charge is 0.188 e. The maximum absolute atomic E-state index is 5.53. The van der Waals surface area contributed by atoms with Crippen molar-refractivity contribution in [3.8, 4) is 0 Å². The van der Waals surface area contributed by atoms with Crippen LogP contribution >= 0.6 is 11.3 Å². The normalized spacial score (nSPS) is 22.5. The molecule has 0 saturated carbocycles. The van der Waals surface area contributed by atoms with Gasteiger partial charge in [0.25, 0.3) is 0 Å². The van der Waals surface area contributed by atoms with Crippen molar-refractivity contribution in [1.29, 1.82) is 0 Å². The predicted octanol–water partition coefficient (Wildman–Crippen LogP) is 3.65. The van der Waals surface area contributed by atoms with Crippen LogP contribution in [-0.4, -0.2) is 52.2 Å². The van der Waals surface area contributed by atoms with Gasteiger partial charge in [0.15, 0.2) is 5.13 Å². The Morgan fingerprint density at radius 2 is 1.96 bits per heavy atom. The fraction of sp³-hybridized carbons (Fsp3) is 0.632. The Morgan fingerprint density at radius 3 is 2.73 bits per heavy atom. The molecule has 4 rings (SSSR count). The second-order valence-corrected chi connectivity index (χ2v) is 8.21. The molecule has 140 valence electrons. The van der Waals surface area contributed by atoms with E-state index in [1.165, 1.54) is 19.4 Å². The molecule has 1 atom stereocenters. The molecule has 0 radical (unpaired) electrons. The van der Waals surface area contributed by atoms with E-state index < -0.39 is 0 Å². The van der Waals surface area contributed by atoms with E-state index in [0.717, 1.165) is 60.8 Å². The summed E-state index contributed by atoms with van der Waals surface area (Å²) in [6.07, 6.45) is 4.68. The first-order chi connectivity index (χ1) is 12.7. The minimum Gasteiger partial charge on any atom is -0.381 e. The number of piperidine rings is 1. The van der Waals surface area contributed by atoms with Gasteiger partial charge in [-0.1, -0.05) is 0 Å². The first-order valence-corrected chi connectivity index (χ1v) is 10.4. The van der Waals surface area contributed by atoms with Gasteiger partial charge in [-0.15, -0.1) is 11.3 Å². The van der Waals surface area contributed by atoms with E-state index in [1.807, 2.05) is 25.3 Å². The van der Waals surface area contributed by atoms with Crippen LogP contribution in [0.1, 0.15) is 48.8 Å². The Morgan fingerprint density at radius 1 is 1.12 bits per heavy atom. The van der Waals surface area contributed by atoms with Gasteiger partial charge in [0.2, 0.25) is 0 Å². The Labute approximate surface area is 159 Å². The van der Waals surface area contributed by atoms with Crippen molar-refractivity contribution in [2.24, 2.45) is 0 Å². The summed E-state index contributed by atoms with van der Waals surface area (Å²) in [4.78, 5) is 16.7. The Bertz CT molecular complexity index is 743. The molecule has 0 unspecified atom stereocenters. The van der Waals surface area contributed by atoms with Crippen molar-refractivity contribution in [3.05, 3.63) is 28.7 Å². The van der Waals surface area contributed by atoms with Crippen molar-refractivity contribution in [2.45, 2.75) is 51.5 Å². The fourth-order valence-corrected chi connectivity index (χ4v) is 4.65. The van der Waals surface area contributed by atoms with Crippen LogP contribution in [0.4, 0.5) is 10.9 Å². The lowest BCUT2D eigenvalue weighted by Crippen LogP contribution is -2.44. The topological polar surface area (TPSA) is 63.2 Å². The number of nitrogens with one attached hydrogen (secondary N) is 1. The molecule has 0 aliphatic carbocycles. The Hall–Kier alpha value is -1.57. The van der Waals surface area contributed by atoms with Crippen molar-refractivity contribution in [1.82, 2.24) is 19.9 Å². The summed E-state index contributed by atoms with van der Waals surface area (Å²) in [6, 6.07) is 2.66. The van der Waals surface area contributed by atoms with E-state index in [-0.39, 0.29) is 0 Å². The van der Waals surface area contributed by atoms with Gasteiger partial charge in [0.1, 0.15) is 11.6 Å². The molecule has 0 amide bonds. The van der Waals surface area contributed by atoms with E-state index in [1.54, 1.807) is 11.3 Å². The van der Waals surface area contributed by atoms with Crippen molar-refractivity contribution < 1.29 is 4.74 Å². The second-order valence-electron chi connectivity index (χ2n) is 7.35. The van der Waals surface area contributed by atoms with Crippen LogP contribution < -0.4 is 5.32 Å². The molecular formula is C19H27N5OS. The van der Waals surface area contributed by atoms with E-state index in [9.17, 15) is 0 Å². The van der Waals surface area contributed by atoms with Gasteiger partial charge < -0.3 is 10.1 Å². The Balaban J connectivity index is 1.49. The number of hydrogen-bond donors (Lipinski definition) is 1. The highest BCUT2D eigenvalue weighted by Crippen LogP contribution is 2.29. The quantitative estimate of drug-likeness (QED) is 0.883. The Kier molecular flexibility index (Phi) is 5.47. The molecule has 2 aliphatic rings. The molecule has 2 fully saturated rings. The highest BCUT2D eigenvalue weighted by atomic mass is 32.1. The standard InChI is InChI=1S/C19H27N5OS/c1-13-10-17(23-19-21-14(2)12-26-19)22-18(20-13)15-4-3-7-24(11-15)16-5-8-25-9-6-16/h10,12,15-16H,3-9,11H2,1-2H3,(H,20,21,22,23)/t15-/m1/s1. The molecule has 26 heavy (non-hydrogen) atoms. The van der Waals surface area contributed by atoms with Gasteiger partial charge in [-0.3, -0.25) is 4.90 Å². The minimum absolute atomic E-state index is 0.407. The third-order valence-corrected chi connectivity index (χ3v) is 6.13. The molecule has 1 N–H and O–H groups in total. The van der Waals surface area contributed by atoms with Crippen molar-refractivity contribution in [2.75, 3.05) is 31.6 Å². The number of likely N-dealkylation sites (tertiary alicyclic amines) is 1. The zero-order valence-electron chi connectivity index (χ0n) is 15.6. The van der Waals surface area contributed by atoms with Crippen molar-refractivity contribution >= 4 is 22.3 Å². The molecule has 4 heterocycles. The number of ether oxygens (including phenoxy) is 1. The lowest BCUT2D eigenvalue weighted by atomic mass is 9.94. The first-order valence-electron chi connectivity index (χ1n) is 9.54. The zero-order valence-corrected chi connectivity index (χ0v) is 16.4. The third-order valence-electron chi connectivity index (χ3n) is 5.25. The molecule has 0 aromatic carbocycles. The molecule has 0 bridgehead atoms. The zero-order chi connectivity index (χ0) is 17.9. The fourth-order valence-electron chi connectivity index (χ4n) is 3.96. The van der Waals surface area contributed by atoms with Crippen LogP contribution in [0.3, 0.4) is 0 Å². The van der Waals surface area contributed by atoms with Gasteiger partial charge in [-0.25, -0.2) is 15.0 Å². The first kappa shape index (κ1) is 17.8. The maximum atomic E-state index is 5.53. The number of anilines is 2. The van der Waals surface area contributed by atoms with Crippen LogP contribution in [0.15, 0.2) is 11.4 Å². The molecule has 2 saturated heterocycles. The third kappa shape index (κ3) is 4.22. The van der Waals surface area contributed by atoms with Gasteiger partial charge >= 0.3 is 0 Å². The highest BCUT2D eigenvalue weighted by Gasteiger charge is 2.29. The maximum Gasteiger partial charge on any atom is 0.188 e. The van der Waals surface area contributed by atoms with Gasteiger partial charge in [0.05, 0.1) is 5.69 Å². The highest BCUT2D eigenvalue weighted by molar-refractivity contribution is 7.13. The summed E-state index contributed by atoms with van der Waals surface area (Å²) in [6.45, 7) is 8.09. The second kappa shape index (κ2) is 7.98. The van der Waals surface area contributed by atoms with E-state index in [4.69, 9.17) is 14.7 Å². The molecular weight excluding hydrogens is 346 g/mol. The molecule has 2 aliphatic heterocycles. The van der Waals surface area contributed by atoms with Crippen LogP contribution in [0.5, 0.6) is 0 Å². The van der Waals surface area contributed by atoms with E-state index >= 15 is 0 Å². The number of thiazole rings is 1. The summed E-state index contributed by atoms with van der Waals surface area (Å²) in [7, 11) is 0. The van der Waals surface area contributed by atoms with Crippen LogP contribution in [0.2, 0.25) is 0 Å². The van der Waals surface area contributed by atoms with Crippen LogP contribution in [-0.2, 0) is 4.74 Å². The average molecular weight is 374 g/mol. The van der Waals surface area contributed by atoms with E-state index in [2.05, 4.69) is 15.2 Å². The van der Waals surface area contributed by atoms with Crippen molar-refractivity contribution in [3.63, 3.8) is 0 Å². The molecule has 6 nitrogen and oxygen atoms in total. The summed E-state index contributed by atoms with van der Waals surface area (Å²) < 4.78 is 5.53. The number of aryl methyl sites for hydroxylation is 2. The summed E-state index contributed by atoms with van der Waals surface area (Å²) >= 11 is 1.61. The SMILES string of the molecule is Cc1cc(Nc2nc(C)cs2)nc([C@@H]2CCCN(C3CCOCC3)C2)n1. The average Bonchev–Trinajstić information content (AvgIpc) is 3.07. The van der Waals surface area contributed by atoms with Crippen LogP contribution in [0.25, 0.3) is 0 Å². The molecule has 0 spiro atoms. The summed E-state index contributed by atoms with van der Waals surface area (Å²) in [5.41, 5.74) is 2.04. The number of nitrogens with zero attached hydrogens (tertiary/aromatic N) is 4. The molecule has 7 heteroatoms. The summed E-state index contributed by atoms with van der Waals surface area (Å²) in [5.74, 6) is 2.23. The van der Waals surface area contributed by atoms with Gasteiger partial charge in [0, 0.05) is 48.9 Å². The lowest BCUT2D eigenvalue weighted by Gasteiger charge is -2.39. The minimum atomic E-state index is 0.407. The number of rotatable bonds is 4. The largest absolute Gasteiger partial charge is 0.381 e. The molecule has 2 aromatic heterocycles. The van der Waals surface area contributed by atoms with Gasteiger partial charge in [-0.05, 0) is 46.1 Å². The van der Waals surface area contributed by atoms with Gasteiger partial charge in [-0.2, -0.15) is 0 Å². The van der Waals surface area contributed by atoms with E-state index in [0.29, 0.717) is 12.0 Å². The molecule has 2 aromatic rings. The monoisotopic (exact) mass is 373 g/mol. The lowest BCUT2D eigenvalue weighted by molar-refractivity contribution is 0.0235. The number of hydrogen-bond acceptors (Lipinski definition) is 7.